The summed E-state index contributed by atoms with van der Waals surface area (Å²) in [6, 6.07) is 63.1. The minimum Gasteiger partial charge on any atom is -0.319 e. The van der Waals surface area contributed by atoms with E-state index in [0.29, 0.717) is 0 Å². The number of fused-ring (bicyclic) bond motifs is 2. The van der Waals surface area contributed by atoms with Gasteiger partial charge in [0.2, 0.25) is 0 Å². The molecule has 0 aliphatic carbocycles. The van der Waals surface area contributed by atoms with Crippen LogP contribution in [0.25, 0.3) is 77.2 Å². The maximum absolute atomic E-state index is 12.7. The summed E-state index contributed by atoms with van der Waals surface area (Å²) in [5.74, 6) is 0. The summed E-state index contributed by atoms with van der Waals surface area (Å²) in [6.07, 6.45) is 0. The molecule has 0 atom stereocenters. The Balaban J connectivity index is 1.37. The van der Waals surface area contributed by atoms with Gasteiger partial charge in [-0.2, -0.15) is 0 Å². The van der Waals surface area contributed by atoms with Crippen molar-refractivity contribution in [3.8, 4) is 55.6 Å². The van der Waals surface area contributed by atoms with E-state index in [1.54, 1.807) is 0 Å². The molecule has 1 nitrogen and oxygen atoms in total. The van der Waals surface area contributed by atoms with Gasteiger partial charge in [0.25, 0.3) is 0 Å². The van der Waals surface area contributed by atoms with Crippen molar-refractivity contribution in [2.75, 3.05) is 13.3 Å². The number of hydrogen-bond acceptors (Lipinski definition) is 1. The largest absolute Gasteiger partial charge is 0.319 e. The van der Waals surface area contributed by atoms with Crippen LogP contribution in [0.5, 0.6) is 0 Å². The van der Waals surface area contributed by atoms with Gasteiger partial charge in [0.05, 0.1) is 0 Å². The van der Waals surface area contributed by atoms with Gasteiger partial charge in [0.15, 0.2) is 0 Å². The molecule has 0 unspecified atom stereocenters. The molecule has 8 rings (SSSR count). The molecule has 0 radical (unpaired) electrons. The predicted octanol–water partition coefficient (Wildman–Crippen LogP) is 12.6. The number of rotatable bonds is 6. The highest BCUT2D eigenvalue weighted by Crippen LogP contribution is 2.46. The first kappa shape index (κ1) is 29.9. The lowest BCUT2D eigenvalue weighted by molar-refractivity contribution is 0.588. The third-order valence-electron chi connectivity index (χ3n) is 9.34. The van der Waals surface area contributed by atoms with Crippen LogP contribution in [0.4, 0.5) is 0 Å². The Bertz CT molecular complexity index is 2360. The highest BCUT2D eigenvalue weighted by molar-refractivity contribution is 7.70. The van der Waals surface area contributed by atoms with Crippen LogP contribution in [-0.2, 0) is 4.57 Å². The van der Waals surface area contributed by atoms with Crippen LogP contribution < -0.4 is 5.30 Å². The minimum atomic E-state index is -2.31. The molecule has 0 bridgehead atoms. The summed E-state index contributed by atoms with van der Waals surface area (Å²) in [7, 11) is -2.31. The van der Waals surface area contributed by atoms with E-state index >= 15 is 0 Å². The van der Waals surface area contributed by atoms with Crippen LogP contribution in [0, 0.1) is 0 Å². The molecule has 0 amide bonds. The van der Waals surface area contributed by atoms with Crippen LogP contribution in [-0.4, -0.2) is 13.3 Å². The number of hydrogen-bond donors (Lipinski definition) is 0. The van der Waals surface area contributed by atoms with Crippen LogP contribution in [0.15, 0.2) is 176 Å². The van der Waals surface area contributed by atoms with Gasteiger partial charge >= 0.3 is 0 Å². The molecule has 0 saturated heterocycles. The highest BCUT2D eigenvalue weighted by Gasteiger charge is 2.18. The van der Waals surface area contributed by atoms with E-state index in [1.807, 2.05) is 25.5 Å². The second kappa shape index (κ2) is 12.3. The SMILES string of the molecule is CP(C)(=O)c1ccc(-c2cccc(-c3c4ccccc4c(-c4cc(-c5ccccc5)cc(-c5ccccc5)c4)c4ccccc34)c2)cc1. The first-order chi connectivity index (χ1) is 23.4. The van der Waals surface area contributed by atoms with E-state index < -0.39 is 7.14 Å². The van der Waals surface area contributed by atoms with Crippen molar-refractivity contribution in [2.45, 2.75) is 0 Å². The van der Waals surface area contributed by atoms with Crippen LogP contribution in [0.2, 0.25) is 0 Å². The normalized spacial score (nSPS) is 11.6. The zero-order chi connectivity index (χ0) is 32.7. The molecule has 0 aliphatic rings. The van der Waals surface area contributed by atoms with Gasteiger partial charge in [-0.3, -0.25) is 0 Å². The Kier molecular flexibility index (Phi) is 7.64. The summed E-state index contributed by atoms with van der Waals surface area (Å²) < 4.78 is 12.7. The van der Waals surface area contributed by atoms with Gasteiger partial charge in [-0.05, 0) is 115 Å². The molecule has 0 fully saturated rings. The summed E-state index contributed by atoms with van der Waals surface area (Å²) in [4.78, 5) is 0. The topological polar surface area (TPSA) is 17.1 Å². The Morgan fingerprint density at radius 1 is 0.312 bits per heavy atom. The Morgan fingerprint density at radius 2 is 0.667 bits per heavy atom. The number of benzene rings is 8. The molecule has 0 N–H and O–H groups in total. The van der Waals surface area contributed by atoms with Crippen molar-refractivity contribution in [3.63, 3.8) is 0 Å². The molecule has 0 saturated carbocycles. The molecule has 0 spiro atoms. The van der Waals surface area contributed by atoms with Crippen molar-refractivity contribution >= 4 is 34.0 Å². The molecule has 0 aliphatic heterocycles. The zero-order valence-corrected chi connectivity index (χ0v) is 28.0. The van der Waals surface area contributed by atoms with Crippen molar-refractivity contribution in [1.82, 2.24) is 0 Å². The first-order valence-corrected chi connectivity index (χ1v) is 19.0. The molecule has 0 aromatic heterocycles. The van der Waals surface area contributed by atoms with E-state index in [0.717, 1.165) is 16.4 Å². The lowest BCUT2D eigenvalue weighted by Crippen LogP contribution is -2.01. The average molecular weight is 635 g/mol. The third kappa shape index (κ3) is 5.57. The summed E-state index contributed by atoms with van der Waals surface area (Å²) in [6.45, 7) is 3.64. The fourth-order valence-corrected chi connectivity index (χ4v) is 7.85. The van der Waals surface area contributed by atoms with Crippen LogP contribution >= 0.6 is 7.14 Å². The summed E-state index contributed by atoms with van der Waals surface area (Å²) >= 11 is 0. The van der Waals surface area contributed by atoms with Crippen molar-refractivity contribution in [1.29, 1.82) is 0 Å². The molecule has 230 valence electrons. The van der Waals surface area contributed by atoms with Gasteiger partial charge in [-0.25, -0.2) is 0 Å². The zero-order valence-electron chi connectivity index (χ0n) is 27.1. The van der Waals surface area contributed by atoms with Crippen LogP contribution in [0.3, 0.4) is 0 Å². The van der Waals surface area contributed by atoms with Crippen LogP contribution in [0.1, 0.15) is 0 Å². The monoisotopic (exact) mass is 634 g/mol. The quantitative estimate of drug-likeness (QED) is 0.131. The molecular weight excluding hydrogens is 599 g/mol. The second-order valence-corrected chi connectivity index (χ2v) is 16.1. The molecule has 2 heteroatoms. The van der Waals surface area contributed by atoms with Crippen molar-refractivity contribution in [3.05, 3.63) is 176 Å². The fraction of sp³-hybridized carbons (Fsp3) is 0.0435. The maximum Gasteiger partial charge on any atom is 0.109 e. The predicted molar refractivity (Wildman–Crippen MR) is 208 cm³/mol. The van der Waals surface area contributed by atoms with Gasteiger partial charge in [-0.1, -0.05) is 152 Å². The third-order valence-corrected chi connectivity index (χ3v) is 10.9. The van der Waals surface area contributed by atoms with Gasteiger partial charge in [-0.15, -0.1) is 0 Å². The van der Waals surface area contributed by atoms with E-state index in [1.165, 1.54) is 66.1 Å². The standard InChI is InChI=1S/C46H35OP/c1-48(2,47)40-26-24-34(25-27-40)35-18-13-19-36(28-35)45-41-20-9-11-22-43(41)46(44-23-12-10-21-42(44)45)39-30-37(32-14-5-3-6-15-32)29-38(31-39)33-16-7-4-8-17-33/h3-31H,1-2H3. The fourth-order valence-electron chi connectivity index (χ4n) is 6.98. The van der Waals surface area contributed by atoms with E-state index in [4.69, 9.17) is 0 Å². The van der Waals surface area contributed by atoms with Gasteiger partial charge in [0, 0.05) is 5.30 Å². The van der Waals surface area contributed by atoms with Gasteiger partial charge in [0.1, 0.15) is 7.14 Å². The second-order valence-electron chi connectivity index (χ2n) is 12.9. The lowest BCUT2D eigenvalue weighted by atomic mass is 9.84. The minimum absolute atomic E-state index is 0.904. The van der Waals surface area contributed by atoms with Crippen molar-refractivity contribution in [2.24, 2.45) is 0 Å². The Morgan fingerprint density at radius 3 is 1.15 bits per heavy atom. The average Bonchev–Trinajstić information content (AvgIpc) is 3.14. The smallest absolute Gasteiger partial charge is 0.109 e. The van der Waals surface area contributed by atoms with E-state index in [-0.39, 0.29) is 0 Å². The van der Waals surface area contributed by atoms with Gasteiger partial charge < -0.3 is 4.57 Å². The molecule has 48 heavy (non-hydrogen) atoms. The molecule has 8 aromatic carbocycles. The van der Waals surface area contributed by atoms with E-state index in [2.05, 4.69) is 164 Å². The highest BCUT2D eigenvalue weighted by atomic mass is 31.2. The molecular formula is C46H35OP. The first-order valence-electron chi connectivity index (χ1n) is 16.4. The Hall–Kier alpha value is -5.49. The summed E-state index contributed by atoms with van der Waals surface area (Å²) in [5, 5.41) is 5.81. The molecule has 8 aromatic rings. The van der Waals surface area contributed by atoms with Crippen molar-refractivity contribution < 1.29 is 4.57 Å². The molecule has 0 heterocycles. The Labute approximate surface area is 282 Å². The maximum atomic E-state index is 12.7. The lowest BCUT2D eigenvalue weighted by Gasteiger charge is -2.19. The van der Waals surface area contributed by atoms with E-state index in [9.17, 15) is 4.57 Å². The summed E-state index contributed by atoms with van der Waals surface area (Å²) in [5.41, 5.74) is 11.9.